The van der Waals surface area contributed by atoms with Crippen LogP contribution >= 0.6 is 0 Å². The molecule has 176 valence electrons. The van der Waals surface area contributed by atoms with Gasteiger partial charge in [0.25, 0.3) is 0 Å². The monoisotopic (exact) mass is 440 g/mol. The minimum Gasteiger partial charge on any atom is -0.436 e. The molecule has 4 aliphatic carbocycles. The van der Waals surface area contributed by atoms with Crippen molar-refractivity contribution >= 4 is 17.9 Å². The molecule has 6 rings (SSSR count). The maximum absolute atomic E-state index is 10.8. The Labute approximate surface area is 183 Å². The van der Waals surface area contributed by atoms with Crippen molar-refractivity contribution in [3.8, 4) is 0 Å². The minimum absolute atomic E-state index is 0. The van der Waals surface area contributed by atoms with Crippen molar-refractivity contribution in [2.75, 3.05) is 0 Å². The number of carbonyl (C=O) groups is 3. The van der Waals surface area contributed by atoms with Gasteiger partial charge in [0.2, 0.25) is 6.29 Å². The first kappa shape index (κ1) is 24.1. The molecule has 8 nitrogen and oxygen atoms in total. The highest BCUT2D eigenvalue weighted by molar-refractivity contribution is 5.82. The molecule has 0 aromatic carbocycles. The van der Waals surface area contributed by atoms with Crippen LogP contribution in [0, 0.1) is 35.5 Å². The maximum atomic E-state index is 10.8. The summed E-state index contributed by atoms with van der Waals surface area (Å²) in [6.45, 7) is 3.82. The standard InChI is InChI=1S/C10H14O3.C8H12O2.C4H6O3.CH4/c1-5(11)12-10-8-3-6-2-7(8)9(4-6)13-10;9-8-6-2-4-1-5(6)7(3-4)10-8;1-3(5)7-4(2)6;/h6-10H,2-4H2,1H3;4-9H,1-3H2;1-2H3;1H4. The predicted octanol–water partition coefficient (Wildman–Crippen LogP) is 2.80. The summed E-state index contributed by atoms with van der Waals surface area (Å²) in [5.41, 5.74) is 0. The Balaban J connectivity index is 0.000000137. The molecule has 0 radical (unpaired) electrons. The van der Waals surface area contributed by atoms with Crippen molar-refractivity contribution in [2.45, 2.75) is 91.5 Å². The Morgan fingerprint density at radius 2 is 1.19 bits per heavy atom. The quantitative estimate of drug-likeness (QED) is 0.490. The maximum Gasteiger partial charge on any atom is 0.310 e. The Morgan fingerprint density at radius 1 is 0.710 bits per heavy atom. The fourth-order valence-corrected chi connectivity index (χ4v) is 6.67. The van der Waals surface area contributed by atoms with Gasteiger partial charge < -0.3 is 24.1 Å². The largest absolute Gasteiger partial charge is 0.436 e. The molecule has 0 aromatic rings. The van der Waals surface area contributed by atoms with Gasteiger partial charge in [-0.3, -0.25) is 14.4 Å². The van der Waals surface area contributed by atoms with Crippen molar-refractivity contribution in [3.63, 3.8) is 0 Å². The number of fused-ring (bicyclic) bond motifs is 2. The van der Waals surface area contributed by atoms with E-state index in [0.29, 0.717) is 30.0 Å². The highest BCUT2D eigenvalue weighted by atomic mass is 16.7. The summed E-state index contributed by atoms with van der Waals surface area (Å²) in [5.74, 6) is 2.82. The van der Waals surface area contributed by atoms with Gasteiger partial charge in [0.05, 0.1) is 12.2 Å². The van der Waals surface area contributed by atoms with Crippen molar-refractivity contribution < 1.29 is 38.4 Å². The molecule has 6 fully saturated rings. The molecule has 2 heterocycles. The van der Waals surface area contributed by atoms with E-state index < -0.39 is 18.2 Å². The lowest BCUT2D eigenvalue weighted by atomic mass is 9.89. The number of carbonyl (C=O) groups excluding carboxylic acids is 3. The van der Waals surface area contributed by atoms with E-state index in [4.69, 9.17) is 14.2 Å². The Hall–Kier alpha value is -1.51. The van der Waals surface area contributed by atoms with Crippen LogP contribution in [0.2, 0.25) is 0 Å². The number of aliphatic hydroxyl groups excluding tert-OH is 1. The van der Waals surface area contributed by atoms with E-state index in [0.717, 1.165) is 17.8 Å². The zero-order chi connectivity index (χ0) is 21.6. The van der Waals surface area contributed by atoms with Crippen LogP contribution in [0.5, 0.6) is 0 Å². The first-order chi connectivity index (χ1) is 14.2. The number of esters is 3. The molecule has 0 amide bonds. The summed E-state index contributed by atoms with van der Waals surface area (Å²) < 4.78 is 20.2. The molecule has 10 atom stereocenters. The lowest BCUT2D eigenvalue weighted by molar-refractivity contribution is -0.177. The molecule has 31 heavy (non-hydrogen) atoms. The van der Waals surface area contributed by atoms with Gasteiger partial charge in [0, 0.05) is 32.6 Å². The number of hydrogen-bond donors (Lipinski definition) is 1. The molecular weight excluding hydrogens is 404 g/mol. The highest BCUT2D eigenvalue weighted by Gasteiger charge is 2.57. The van der Waals surface area contributed by atoms with Crippen molar-refractivity contribution in [1.29, 1.82) is 0 Å². The van der Waals surface area contributed by atoms with Gasteiger partial charge in [-0.2, -0.15) is 0 Å². The zero-order valence-corrected chi connectivity index (χ0v) is 17.8. The second-order valence-corrected chi connectivity index (χ2v) is 9.60. The van der Waals surface area contributed by atoms with Crippen LogP contribution in [-0.2, 0) is 33.3 Å². The van der Waals surface area contributed by atoms with Crippen molar-refractivity contribution in [3.05, 3.63) is 0 Å². The van der Waals surface area contributed by atoms with Gasteiger partial charge in [0.15, 0.2) is 6.29 Å². The molecule has 4 bridgehead atoms. The average molecular weight is 441 g/mol. The summed E-state index contributed by atoms with van der Waals surface area (Å²) in [6.07, 6.45) is 7.66. The Bertz CT molecular complexity index is 677. The molecule has 0 aromatic heterocycles. The highest BCUT2D eigenvalue weighted by Crippen LogP contribution is 2.57. The number of hydrogen-bond acceptors (Lipinski definition) is 8. The second-order valence-electron chi connectivity index (χ2n) is 9.60. The summed E-state index contributed by atoms with van der Waals surface area (Å²) in [7, 11) is 0. The van der Waals surface area contributed by atoms with E-state index in [1.54, 1.807) is 0 Å². The summed E-state index contributed by atoms with van der Waals surface area (Å²) in [6, 6.07) is 0. The van der Waals surface area contributed by atoms with Crippen LogP contribution < -0.4 is 0 Å². The third-order valence-electron chi connectivity index (χ3n) is 7.52. The van der Waals surface area contributed by atoms with Crippen molar-refractivity contribution in [1.82, 2.24) is 0 Å². The number of aliphatic hydroxyl groups is 1. The van der Waals surface area contributed by atoms with Crippen LogP contribution in [-0.4, -0.2) is 47.8 Å². The topological polar surface area (TPSA) is 108 Å². The van der Waals surface area contributed by atoms with Crippen molar-refractivity contribution in [2.24, 2.45) is 35.5 Å². The molecule has 2 aliphatic heterocycles. The van der Waals surface area contributed by atoms with Crippen LogP contribution in [0.1, 0.15) is 66.7 Å². The van der Waals surface area contributed by atoms with Crippen LogP contribution in [0.25, 0.3) is 0 Å². The van der Waals surface area contributed by atoms with Crippen LogP contribution in [0.15, 0.2) is 0 Å². The number of ether oxygens (including phenoxy) is 4. The van der Waals surface area contributed by atoms with Gasteiger partial charge >= 0.3 is 17.9 Å². The lowest BCUT2D eigenvalue weighted by Crippen LogP contribution is -2.22. The number of rotatable bonds is 1. The predicted molar refractivity (Wildman–Crippen MR) is 109 cm³/mol. The van der Waals surface area contributed by atoms with Gasteiger partial charge in [0.1, 0.15) is 0 Å². The van der Waals surface area contributed by atoms with Crippen LogP contribution in [0.4, 0.5) is 0 Å². The van der Waals surface area contributed by atoms with E-state index in [9.17, 15) is 19.5 Å². The van der Waals surface area contributed by atoms with Gasteiger partial charge in [-0.15, -0.1) is 0 Å². The lowest BCUT2D eigenvalue weighted by Gasteiger charge is -2.16. The third-order valence-corrected chi connectivity index (χ3v) is 7.52. The first-order valence-electron chi connectivity index (χ1n) is 11.1. The SMILES string of the molecule is C.CC(=O)OC(C)=O.CC(=O)OC1OC2CC3CC2C1C3.OC1OC2CC3CC1C2C3. The van der Waals surface area contributed by atoms with E-state index in [1.165, 1.54) is 59.3 Å². The second kappa shape index (κ2) is 9.55. The minimum atomic E-state index is -0.562. The summed E-state index contributed by atoms with van der Waals surface area (Å²) in [4.78, 5) is 30.4. The smallest absolute Gasteiger partial charge is 0.310 e. The van der Waals surface area contributed by atoms with Crippen LogP contribution in [0.3, 0.4) is 0 Å². The van der Waals surface area contributed by atoms with E-state index >= 15 is 0 Å². The molecular formula is C23H36O8. The fraction of sp³-hybridized carbons (Fsp3) is 0.870. The normalized spacial score (nSPS) is 43.9. The zero-order valence-electron chi connectivity index (χ0n) is 17.8. The van der Waals surface area contributed by atoms with Gasteiger partial charge in [-0.1, -0.05) is 7.43 Å². The molecule has 10 unspecified atom stereocenters. The summed E-state index contributed by atoms with van der Waals surface area (Å²) in [5, 5.41) is 9.37. The summed E-state index contributed by atoms with van der Waals surface area (Å²) >= 11 is 0. The first-order valence-corrected chi connectivity index (χ1v) is 11.1. The van der Waals surface area contributed by atoms with Gasteiger partial charge in [-0.25, -0.2) is 0 Å². The third kappa shape index (κ3) is 5.12. The molecule has 0 spiro atoms. The van der Waals surface area contributed by atoms with E-state index in [-0.39, 0.29) is 19.7 Å². The molecule has 2 saturated heterocycles. The average Bonchev–Trinajstić information content (AvgIpc) is 3.40. The fourth-order valence-electron chi connectivity index (χ4n) is 6.67. The Kier molecular flexibility index (Phi) is 7.43. The van der Waals surface area contributed by atoms with Gasteiger partial charge in [-0.05, 0) is 62.2 Å². The van der Waals surface area contributed by atoms with E-state index in [2.05, 4.69) is 4.74 Å². The van der Waals surface area contributed by atoms with E-state index in [1.807, 2.05) is 0 Å². The molecule has 1 N–H and O–H groups in total. The molecule has 8 heteroatoms. The molecule has 6 aliphatic rings. The molecule has 4 saturated carbocycles. The Morgan fingerprint density at radius 3 is 1.58 bits per heavy atom.